The molecule has 1 fully saturated rings. The van der Waals surface area contributed by atoms with Gasteiger partial charge in [-0.25, -0.2) is 23.8 Å². The molecule has 0 spiro atoms. The van der Waals surface area contributed by atoms with Crippen LogP contribution in [0.15, 0.2) is 55.4 Å². The first-order valence-electron chi connectivity index (χ1n) is 12.2. The van der Waals surface area contributed by atoms with E-state index in [9.17, 15) is 13.6 Å². The van der Waals surface area contributed by atoms with Crippen molar-refractivity contribution in [1.82, 2.24) is 9.97 Å². The van der Waals surface area contributed by atoms with Crippen molar-refractivity contribution < 1.29 is 27.9 Å². The highest BCUT2D eigenvalue weighted by atomic mass is 19.1. The fraction of sp³-hybridized carbons (Fsp3) is 0.296. The van der Waals surface area contributed by atoms with Crippen molar-refractivity contribution in [3.63, 3.8) is 0 Å². The molecule has 1 aliphatic heterocycles. The van der Waals surface area contributed by atoms with E-state index in [2.05, 4.69) is 27.2 Å². The first kappa shape index (κ1) is 27.7. The standard InChI is InChI=1S/C27H30F2N6O4/c1-5-27(36)33-20-13-21(24(38-4)14-23(20)34(2)9-11-37-3)32-25-15-26(31-16-30-25)35-22(8-10-39-35)18-12-17(28)6-7-19(18)29/h5-7,12-16,22H,1,8-11H2,2-4H3,(H,33,36)(H,30,31,32)/t22-/m1/s1. The lowest BCUT2D eigenvalue weighted by Crippen LogP contribution is -2.24. The van der Waals surface area contributed by atoms with Crippen molar-refractivity contribution in [2.45, 2.75) is 12.5 Å². The molecule has 0 bridgehead atoms. The average molecular weight is 541 g/mol. The number of anilines is 5. The molecule has 39 heavy (non-hydrogen) atoms. The summed E-state index contributed by atoms with van der Waals surface area (Å²) in [6.07, 6.45) is 2.96. The second kappa shape index (κ2) is 12.5. The van der Waals surface area contributed by atoms with E-state index in [-0.39, 0.29) is 11.5 Å². The maximum atomic E-state index is 14.5. The Morgan fingerprint density at radius 1 is 1.23 bits per heavy atom. The van der Waals surface area contributed by atoms with Crippen LogP contribution in [-0.2, 0) is 14.4 Å². The summed E-state index contributed by atoms with van der Waals surface area (Å²) >= 11 is 0. The SMILES string of the molecule is C=CC(=O)Nc1cc(Nc2cc(N3OCC[C@@H]3c3cc(F)ccc3F)ncn2)c(OC)cc1N(C)CCOC. The number of amides is 1. The van der Waals surface area contributed by atoms with E-state index in [4.69, 9.17) is 14.3 Å². The molecular formula is C27H30F2N6O4. The maximum absolute atomic E-state index is 14.5. The van der Waals surface area contributed by atoms with Crippen LogP contribution >= 0.6 is 0 Å². The summed E-state index contributed by atoms with van der Waals surface area (Å²) in [5, 5.41) is 7.46. The summed E-state index contributed by atoms with van der Waals surface area (Å²) in [4.78, 5) is 28.4. The molecule has 1 atom stereocenters. The number of carbonyl (C=O) groups excluding carboxylic acids is 1. The summed E-state index contributed by atoms with van der Waals surface area (Å²) in [6, 6.07) is 7.89. The van der Waals surface area contributed by atoms with Crippen molar-refractivity contribution >= 4 is 34.6 Å². The first-order valence-corrected chi connectivity index (χ1v) is 12.2. The third kappa shape index (κ3) is 6.41. The molecule has 2 N–H and O–H groups in total. The highest BCUT2D eigenvalue weighted by Crippen LogP contribution is 2.39. The van der Waals surface area contributed by atoms with Crippen LogP contribution in [0, 0.1) is 11.6 Å². The monoisotopic (exact) mass is 540 g/mol. The number of rotatable bonds is 11. The number of hydroxylamine groups is 1. The minimum absolute atomic E-state index is 0.179. The van der Waals surface area contributed by atoms with Crippen LogP contribution in [0.4, 0.5) is 37.5 Å². The molecule has 206 valence electrons. The maximum Gasteiger partial charge on any atom is 0.247 e. The molecule has 0 radical (unpaired) electrons. The van der Waals surface area contributed by atoms with E-state index >= 15 is 0 Å². The predicted octanol–water partition coefficient (Wildman–Crippen LogP) is 4.60. The summed E-state index contributed by atoms with van der Waals surface area (Å²) in [7, 11) is 5.01. The van der Waals surface area contributed by atoms with Gasteiger partial charge < -0.3 is 25.0 Å². The predicted molar refractivity (Wildman–Crippen MR) is 144 cm³/mol. The van der Waals surface area contributed by atoms with Gasteiger partial charge in [0.2, 0.25) is 5.91 Å². The van der Waals surface area contributed by atoms with E-state index in [1.165, 1.54) is 24.6 Å². The molecule has 1 aliphatic rings. The number of halogens is 2. The number of aromatic nitrogens is 2. The van der Waals surface area contributed by atoms with Crippen LogP contribution in [0.2, 0.25) is 0 Å². The number of hydrogen-bond acceptors (Lipinski definition) is 9. The quantitative estimate of drug-likeness (QED) is 0.338. The zero-order valence-corrected chi connectivity index (χ0v) is 21.9. The number of likely N-dealkylation sites (N-methyl/N-ethyl adjacent to an activating group) is 1. The molecule has 1 saturated heterocycles. The Morgan fingerprint density at radius 3 is 2.79 bits per heavy atom. The number of benzene rings is 2. The average Bonchev–Trinajstić information content (AvgIpc) is 3.43. The van der Waals surface area contributed by atoms with E-state index in [1.54, 1.807) is 25.3 Å². The number of nitrogens with zero attached hydrogens (tertiary/aromatic N) is 4. The van der Waals surface area contributed by atoms with Crippen LogP contribution in [-0.4, -0.2) is 56.9 Å². The van der Waals surface area contributed by atoms with Crippen molar-refractivity contribution in [2.75, 3.05) is 61.6 Å². The third-order valence-electron chi connectivity index (χ3n) is 6.17. The van der Waals surface area contributed by atoms with Crippen LogP contribution in [0.5, 0.6) is 5.75 Å². The Hall–Kier alpha value is -4.29. The fourth-order valence-electron chi connectivity index (χ4n) is 4.21. The molecule has 1 aromatic heterocycles. The Kier molecular flexibility index (Phi) is 8.89. The van der Waals surface area contributed by atoms with E-state index in [0.717, 1.165) is 18.2 Å². The molecule has 2 aromatic carbocycles. The van der Waals surface area contributed by atoms with Gasteiger partial charge in [0.05, 0.1) is 43.4 Å². The second-order valence-corrected chi connectivity index (χ2v) is 8.69. The number of nitrogens with one attached hydrogen (secondary N) is 2. The zero-order valence-electron chi connectivity index (χ0n) is 21.9. The summed E-state index contributed by atoms with van der Waals surface area (Å²) in [6.45, 7) is 4.89. The molecular weight excluding hydrogens is 510 g/mol. The molecule has 2 heterocycles. The third-order valence-corrected chi connectivity index (χ3v) is 6.17. The highest BCUT2D eigenvalue weighted by Gasteiger charge is 2.31. The van der Waals surface area contributed by atoms with Crippen molar-refractivity contribution in [3.05, 3.63) is 72.6 Å². The minimum Gasteiger partial charge on any atom is -0.494 e. The van der Waals surface area contributed by atoms with Crippen LogP contribution in [0.3, 0.4) is 0 Å². The molecule has 1 amide bonds. The Labute approximate surface area is 225 Å². The minimum atomic E-state index is -0.569. The van der Waals surface area contributed by atoms with Crippen molar-refractivity contribution in [3.8, 4) is 5.75 Å². The fourth-order valence-corrected chi connectivity index (χ4v) is 4.21. The van der Waals surface area contributed by atoms with Gasteiger partial charge in [0.15, 0.2) is 5.82 Å². The van der Waals surface area contributed by atoms with Gasteiger partial charge >= 0.3 is 0 Å². The smallest absolute Gasteiger partial charge is 0.247 e. The zero-order chi connectivity index (χ0) is 27.9. The lowest BCUT2D eigenvalue weighted by Gasteiger charge is -2.25. The molecule has 0 unspecified atom stereocenters. The summed E-state index contributed by atoms with van der Waals surface area (Å²) < 4.78 is 39.2. The van der Waals surface area contributed by atoms with Gasteiger partial charge in [-0.1, -0.05) is 6.58 Å². The van der Waals surface area contributed by atoms with Gasteiger partial charge in [0.25, 0.3) is 0 Å². The topological polar surface area (TPSA) is 101 Å². The van der Waals surface area contributed by atoms with Crippen LogP contribution in [0.25, 0.3) is 0 Å². The lowest BCUT2D eigenvalue weighted by molar-refractivity contribution is -0.111. The van der Waals surface area contributed by atoms with E-state index in [1.807, 2.05) is 11.9 Å². The molecule has 3 aromatic rings. The number of methoxy groups -OCH3 is 2. The molecule has 0 saturated carbocycles. The Morgan fingerprint density at radius 2 is 2.05 bits per heavy atom. The normalized spacial score (nSPS) is 14.7. The number of carbonyl (C=O) groups is 1. The van der Waals surface area contributed by atoms with Crippen molar-refractivity contribution in [2.24, 2.45) is 0 Å². The highest BCUT2D eigenvalue weighted by molar-refractivity contribution is 6.02. The first-order chi connectivity index (χ1) is 18.8. The van der Waals surface area contributed by atoms with Gasteiger partial charge in [-0.15, -0.1) is 0 Å². The van der Waals surface area contributed by atoms with Gasteiger partial charge in [-0.05, 0) is 30.3 Å². The van der Waals surface area contributed by atoms with Gasteiger partial charge in [-0.2, -0.15) is 0 Å². The van der Waals surface area contributed by atoms with Crippen LogP contribution < -0.4 is 25.3 Å². The molecule has 0 aliphatic carbocycles. The molecule has 4 rings (SSSR count). The van der Waals surface area contributed by atoms with Gasteiger partial charge in [0, 0.05) is 44.8 Å². The number of ether oxygens (including phenoxy) is 2. The lowest BCUT2D eigenvalue weighted by atomic mass is 10.0. The van der Waals surface area contributed by atoms with E-state index in [0.29, 0.717) is 60.6 Å². The molecule has 12 heteroatoms. The van der Waals surface area contributed by atoms with E-state index < -0.39 is 17.7 Å². The van der Waals surface area contributed by atoms with Crippen LogP contribution in [0.1, 0.15) is 18.0 Å². The van der Waals surface area contributed by atoms with Gasteiger partial charge in [0.1, 0.15) is 29.5 Å². The number of hydrogen-bond donors (Lipinski definition) is 2. The molecule has 10 nitrogen and oxygen atoms in total. The van der Waals surface area contributed by atoms with Crippen molar-refractivity contribution in [1.29, 1.82) is 0 Å². The Balaban J connectivity index is 1.65. The summed E-state index contributed by atoms with van der Waals surface area (Å²) in [5.74, 6) is -0.214. The second-order valence-electron chi connectivity index (χ2n) is 8.69. The summed E-state index contributed by atoms with van der Waals surface area (Å²) in [5.41, 5.74) is 1.91. The van der Waals surface area contributed by atoms with Gasteiger partial charge in [-0.3, -0.25) is 9.63 Å². The largest absolute Gasteiger partial charge is 0.494 e. The Bertz CT molecular complexity index is 1340.